The van der Waals surface area contributed by atoms with Gasteiger partial charge in [0.15, 0.2) is 0 Å². The van der Waals surface area contributed by atoms with Crippen molar-refractivity contribution in [2.45, 2.75) is 39.0 Å². The van der Waals surface area contributed by atoms with Crippen LogP contribution in [0.5, 0.6) is 0 Å². The molecule has 1 rings (SSSR count). The number of primary amides is 1. The Hall–Kier alpha value is -2.55. The van der Waals surface area contributed by atoms with E-state index in [1.165, 1.54) is 17.6 Å². The van der Waals surface area contributed by atoms with Gasteiger partial charge in [-0.05, 0) is 6.42 Å². The van der Waals surface area contributed by atoms with E-state index in [0.717, 1.165) is 12.8 Å². The van der Waals surface area contributed by atoms with Crippen molar-refractivity contribution in [3.05, 3.63) is 12.2 Å². The number of nitrogens with one attached hydrogen (secondary N) is 2. The minimum atomic E-state index is -1.17. The highest BCUT2D eigenvalue weighted by Gasteiger charge is 2.27. The molecule has 0 aromatic heterocycles. The number of nitrogens with two attached hydrogens (primary N) is 1. The topological polar surface area (TPSA) is 156 Å². The number of unbranched alkanes of at least 4 members (excludes halogenated alkanes) is 2. The minimum Gasteiger partial charge on any atom is -0.370 e. The summed E-state index contributed by atoms with van der Waals surface area (Å²) in [6.07, 6.45) is 4.76. The molecule has 0 aromatic carbocycles. The van der Waals surface area contributed by atoms with Crippen LogP contribution in [0.4, 0.5) is 0 Å². The van der Waals surface area contributed by atoms with Gasteiger partial charge < -0.3 is 5.73 Å². The maximum atomic E-state index is 11.6. The molecule has 1 heterocycles. The standard InChI is InChI=1S/C10H18N2O4.C4H3NO2/c1-2-3-4-5-8(13)7(6-9(11)14)10(15)12-16;6-3-1-2-4(7)5-3/h7,16H,2-6H2,1H3,(H2,11,14)(H,12,15);1-2H,(H,5,6,7). The van der Waals surface area contributed by atoms with E-state index in [1.807, 2.05) is 12.2 Å². The second-order valence-electron chi connectivity index (χ2n) is 4.81. The Labute approximate surface area is 133 Å². The molecule has 0 spiro atoms. The van der Waals surface area contributed by atoms with Crippen LogP contribution >= 0.6 is 0 Å². The molecule has 0 radical (unpaired) electrons. The van der Waals surface area contributed by atoms with Gasteiger partial charge in [-0.2, -0.15) is 0 Å². The molecule has 23 heavy (non-hydrogen) atoms. The molecule has 0 saturated heterocycles. The lowest BCUT2D eigenvalue weighted by atomic mass is 9.95. The van der Waals surface area contributed by atoms with Gasteiger partial charge in [-0.15, -0.1) is 0 Å². The fourth-order valence-corrected chi connectivity index (χ4v) is 1.71. The van der Waals surface area contributed by atoms with Crippen LogP contribution in [0, 0.1) is 5.92 Å². The molecule has 0 bridgehead atoms. The van der Waals surface area contributed by atoms with Gasteiger partial charge in [0.25, 0.3) is 17.7 Å². The van der Waals surface area contributed by atoms with Crippen LogP contribution < -0.4 is 16.5 Å². The molecule has 5 N–H and O–H groups in total. The van der Waals surface area contributed by atoms with E-state index in [0.29, 0.717) is 6.42 Å². The average Bonchev–Trinajstić information content (AvgIpc) is 2.88. The van der Waals surface area contributed by atoms with Crippen molar-refractivity contribution in [3.8, 4) is 0 Å². The maximum absolute atomic E-state index is 11.6. The van der Waals surface area contributed by atoms with Crippen molar-refractivity contribution in [1.82, 2.24) is 10.8 Å². The lowest BCUT2D eigenvalue weighted by Crippen LogP contribution is -2.36. The number of ketones is 1. The Morgan fingerprint density at radius 3 is 2.13 bits per heavy atom. The highest BCUT2D eigenvalue weighted by Crippen LogP contribution is 2.11. The van der Waals surface area contributed by atoms with Gasteiger partial charge in [-0.25, -0.2) is 5.48 Å². The van der Waals surface area contributed by atoms with Crippen LogP contribution in [-0.2, 0) is 24.0 Å². The summed E-state index contributed by atoms with van der Waals surface area (Å²) >= 11 is 0. The Balaban J connectivity index is 0.000000568. The normalized spacial score (nSPS) is 13.7. The van der Waals surface area contributed by atoms with Crippen molar-refractivity contribution < 1.29 is 29.2 Å². The predicted molar refractivity (Wildman–Crippen MR) is 78.7 cm³/mol. The minimum absolute atomic E-state index is 0.221. The SMILES string of the molecule is CCCCCC(=O)C(CC(N)=O)C(=O)NO.O=C1C=CC(=O)N1. The number of hydrogen-bond acceptors (Lipinski definition) is 6. The van der Waals surface area contributed by atoms with E-state index in [4.69, 9.17) is 10.9 Å². The van der Waals surface area contributed by atoms with Crippen molar-refractivity contribution in [2.75, 3.05) is 0 Å². The summed E-state index contributed by atoms with van der Waals surface area (Å²) in [5, 5.41) is 10.5. The summed E-state index contributed by atoms with van der Waals surface area (Å²) in [5.41, 5.74) is 6.30. The molecule has 1 atom stereocenters. The molecule has 0 aromatic rings. The lowest BCUT2D eigenvalue weighted by molar-refractivity contribution is -0.142. The highest BCUT2D eigenvalue weighted by atomic mass is 16.5. The fourth-order valence-electron chi connectivity index (χ4n) is 1.71. The molecule has 4 amide bonds. The molecular formula is C14H21N3O6. The van der Waals surface area contributed by atoms with Crippen LogP contribution in [0.3, 0.4) is 0 Å². The molecule has 1 aliphatic rings. The average molecular weight is 327 g/mol. The van der Waals surface area contributed by atoms with Gasteiger partial charge in [-0.3, -0.25) is 34.5 Å². The zero-order valence-electron chi connectivity index (χ0n) is 12.8. The van der Waals surface area contributed by atoms with Gasteiger partial charge in [0.2, 0.25) is 5.91 Å². The number of amides is 4. The second kappa shape index (κ2) is 11.1. The highest BCUT2D eigenvalue weighted by molar-refractivity contribution is 6.12. The quantitative estimate of drug-likeness (QED) is 0.152. The summed E-state index contributed by atoms with van der Waals surface area (Å²) in [4.78, 5) is 53.4. The number of rotatable bonds is 8. The Morgan fingerprint density at radius 1 is 1.22 bits per heavy atom. The molecule has 0 saturated carbocycles. The van der Waals surface area contributed by atoms with Crippen LogP contribution in [0.25, 0.3) is 0 Å². The molecule has 9 heteroatoms. The first-order valence-corrected chi connectivity index (χ1v) is 7.09. The lowest BCUT2D eigenvalue weighted by Gasteiger charge is -2.11. The van der Waals surface area contributed by atoms with Crippen molar-refractivity contribution in [2.24, 2.45) is 11.7 Å². The Morgan fingerprint density at radius 2 is 1.78 bits per heavy atom. The van der Waals surface area contributed by atoms with E-state index in [1.54, 1.807) is 0 Å². The van der Waals surface area contributed by atoms with Crippen LogP contribution in [0.15, 0.2) is 12.2 Å². The summed E-state index contributed by atoms with van der Waals surface area (Å²) in [5.74, 6) is -3.80. The first kappa shape index (κ1) is 20.5. The molecule has 9 nitrogen and oxygen atoms in total. The number of hydrogen-bond donors (Lipinski definition) is 4. The number of carbonyl (C=O) groups excluding carboxylic acids is 5. The molecule has 1 aliphatic heterocycles. The Kier molecular flexibility index (Phi) is 9.85. The smallest absolute Gasteiger partial charge is 0.254 e. The largest absolute Gasteiger partial charge is 0.370 e. The van der Waals surface area contributed by atoms with Crippen LogP contribution in [-0.4, -0.2) is 34.6 Å². The molecule has 0 fully saturated rings. The van der Waals surface area contributed by atoms with Crippen LogP contribution in [0.2, 0.25) is 0 Å². The number of imide groups is 1. The summed E-state index contributed by atoms with van der Waals surface area (Å²) in [7, 11) is 0. The molecule has 128 valence electrons. The number of Topliss-reactive ketones (excluding diaryl/α,β-unsaturated/α-hetero) is 1. The zero-order chi connectivity index (χ0) is 17.8. The van der Waals surface area contributed by atoms with Gasteiger partial charge >= 0.3 is 0 Å². The number of carbonyl (C=O) groups is 5. The van der Waals surface area contributed by atoms with Crippen molar-refractivity contribution in [3.63, 3.8) is 0 Å². The van der Waals surface area contributed by atoms with E-state index >= 15 is 0 Å². The zero-order valence-corrected chi connectivity index (χ0v) is 12.8. The first-order valence-electron chi connectivity index (χ1n) is 7.09. The third-order valence-electron chi connectivity index (χ3n) is 2.88. The van der Waals surface area contributed by atoms with Crippen LogP contribution in [0.1, 0.15) is 39.0 Å². The van der Waals surface area contributed by atoms with E-state index in [-0.39, 0.29) is 30.4 Å². The van der Waals surface area contributed by atoms with Gasteiger partial charge in [-0.1, -0.05) is 19.8 Å². The third-order valence-corrected chi connectivity index (χ3v) is 2.88. The molecular weight excluding hydrogens is 306 g/mol. The van der Waals surface area contributed by atoms with E-state index in [9.17, 15) is 24.0 Å². The number of hydroxylamine groups is 1. The Bertz CT molecular complexity index is 485. The van der Waals surface area contributed by atoms with Gasteiger partial charge in [0, 0.05) is 25.0 Å². The maximum Gasteiger partial charge on any atom is 0.254 e. The summed E-state index contributed by atoms with van der Waals surface area (Å²) in [6.45, 7) is 1.99. The van der Waals surface area contributed by atoms with Crippen molar-refractivity contribution >= 4 is 29.4 Å². The monoisotopic (exact) mass is 327 g/mol. The third kappa shape index (κ3) is 9.14. The summed E-state index contributed by atoms with van der Waals surface area (Å²) in [6, 6.07) is 0. The van der Waals surface area contributed by atoms with Gasteiger partial charge in [0.1, 0.15) is 11.7 Å². The van der Waals surface area contributed by atoms with Crippen molar-refractivity contribution in [1.29, 1.82) is 0 Å². The summed E-state index contributed by atoms with van der Waals surface area (Å²) < 4.78 is 0. The second-order valence-corrected chi connectivity index (χ2v) is 4.81. The predicted octanol–water partition coefficient (Wildman–Crippen LogP) is -0.668. The van der Waals surface area contributed by atoms with E-state index in [2.05, 4.69) is 0 Å². The molecule has 1 unspecified atom stereocenters. The molecule has 0 aliphatic carbocycles. The first-order chi connectivity index (χ1) is 10.8. The fraction of sp³-hybridized carbons (Fsp3) is 0.500. The van der Waals surface area contributed by atoms with E-state index < -0.39 is 17.7 Å². The van der Waals surface area contributed by atoms with Gasteiger partial charge in [0.05, 0.1) is 0 Å².